The van der Waals surface area contributed by atoms with Crippen LogP contribution >= 0.6 is 0 Å². The molecule has 1 aliphatic heterocycles. The molecule has 42 heavy (non-hydrogen) atoms. The van der Waals surface area contributed by atoms with Crippen molar-refractivity contribution in [3.63, 3.8) is 0 Å². The van der Waals surface area contributed by atoms with Crippen molar-refractivity contribution >= 4 is 22.8 Å². The number of imide groups is 1. The van der Waals surface area contributed by atoms with Crippen molar-refractivity contribution in [3.8, 4) is 5.75 Å². The van der Waals surface area contributed by atoms with Crippen LogP contribution in [-0.2, 0) is 27.4 Å². The van der Waals surface area contributed by atoms with E-state index in [1.165, 1.54) is 0 Å². The molecule has 218 valence electrons. The lowest BCUT2D eigenvalue weighted by Gasteiger charge is -2.37. The third-order valence-electron chi connectivity index (χ3n) is 7.19. The summed E-state index contributed by atoms with van der Waals surface area (Å²) in [5.74, 6) is -0.134. The van der Waals surface area contributed by atoms with Crippen molar-refractivity contribution in [1.82, 2.24) is 9.47 Å². The van der Waals surface area contributed by atoms with E-state index in [0.29, 0.717) is 25.1 Å². The normalized spacial score (nSPS) is 17.3. The molecule has 1 aromatic heterocycles. The van der Waals surface area contributed by atoms with Crippen LogP contribution in [0.5, 0.6) is 5.75 Å². The molecule has 0 saturated carbocycles. The summed E-state index contributed by atoms with van der Waals surface area (Å²) in [6.45, 7) is 6.34. The molecule has 0 spiro atoms. The number of pyridine rings is 1. The topological polar surface area (TPSA) is 87.1 Å². The van der Waals surface area contributed by atoms with Crippen molar-refractivity contribution in [2.75, 3.05) is 13.2 Å². The molecule has 8 nitrogen and oxygen atoms in total. The largest absolute Gasteiger partial charge is 0.492 e. The summed E-state index contributed by atoms with van der Waals surface area (Å²) in [6, 6.07) is 26.9. The van der Waals surface area contributed by atoms with Crippen LogP contribution < -0.4 is 10.3 Å². The molecule has 3 aromatic carbocycles. The number of aromatic nitrogens is 1. The van der Waals surface area contributed by atoms with Gasteiger partial charge in [-0.25, -0.2) is 9.69 Å². The Bertz CT molecular complexity index is 1610. The first-order valence-electron chi connectivity index (χ1n) is 14.2. The van der Waals surface area contributed by atoms with Crippen LogP contribution in [0, 0.1) is 0 Å². The number of ether oxygens (including phenoxy) is 3. The highest BCUT2D eigenvalue weighted by atomic mass is 16.6. The molecule has 4 aromatic rings. The van der Waals surface area contributed by atoms with E-state index in [1.807, 2.05) is 78.9 Å². The molecular weight excluding hydrogens is 532 g/mol. The lowest BCUT2D eigenvalue weighted by atomic mass is 9.87. The molecule has 0 radical (unpaired) electrons. The SMILES string of the molecule is CC(C)(C)OC(=O)N1CCC(c2ccn(CCOc3ccccc3)c(=O)c2)C(OCc2ccc3ccccc3c2)C1=O. The summed E-state index contributed by atoms with van der Waals surface area (Å²) in [5.41, 5.74) is 0.661. The van der Waals surface area contributed by atoms with Gasteiger partial charge in [0.25, 0.3) is 11.5 Å². The van der Waals surface area contributed by atoms with Crippen LogP contribution in [-0.4, -0.2) is 46.3 Å². The van der Waals surface area contributed by atoms with Gasteiger partial charge in [-0.1, -0.05) is 54.6 Å². The zero-order valence-corrected chi connectivity index (χ0v) is 24.2. The summed E-state index contributed by atoms with van der Waals surface area (Å²) >= 11 is 0. The third kappa shape index (κ3) is 7.06. The molecular formula is C34H36N2O6. The smallest absolute Gasteiger partial charge is 0.417 e. The molecule has 2 unspecified atom stereocenters. The van der Waals surface area contributed by atoms with Crippen molar-refractivity contribution in [2.45, 2.75) is 58.0 Å². The molecule has 0 aliphatic carbocycles. The second kappa shape index (κ2) is 12.6. The highest BCUT2D eigenvalue weighted by Gasteiger charge is 2.42. The number of carbonyl (C=O) groups excluding carboxylic acids is 2. The molecule has 0 bridgehead atoms. The third-order valence-corrected chi connectivity index (χ3v) is 7.19. The van der Waals surface area contributed by atoms with E-state index in [-0.39, 0.29) is 18.7 Å². The van der Waals surface area contributed by atoms with Crippen LogP contribution in [0.25, 0.3) is 10.8 Å². The molecule has 2 atom stereocenters. The van der Waals surface area contributed by atoms with Gasteiger partial charge in [-0.3, -0.25) is 9.59 Å². The number of para-hydroxylation sites is 1. The van der Waals surface area contributed by atoms with Crippen LogP contribution in [0.15, 0.2) is 95.9 Å². The fraction of sp³-hybridized carbons (Fsp3) is 0.324. The van der Waals surface area contributed by atoms with Crippen LogP contribution in [0.1, 0.15) is 44.2 Å². The first-order valence-corrected chi connectivity index (χ1v) is 14.2. The van der Waals surface area contributed by atoms with Crippen LogP contribution in [0.3, 0.4) is 0 Å². The highest BCUT2D eigenvalue weighted by molar-refractivity contribution is 5.96. The maximum atomic E-state index is 13.7. The molecule has 1 fully saturated rings. The van der Waals surface area contributed by atoms with Gasteiger partial charge in [-0.15, -0.1) is 0 Å². The van der Waals surface area contributed by atoms with E-state index < -0.39 is 29.6 Å². The first kappa shape index (κ1) is 29.1. The van der Waals surface area contributed by atoms with Gasteiger partial charge in [0, 0.05) is 24.7 Å². The van der Waals surface area contributed by atoms with E-state index in [1.54, 1.807) is 37.6 Å². The molecule has 2 amide bonds. The van der Waals surface area contributed by atoms with E-state index in [9.17, 15) is 14.4 Å². The fourth-order valence-electron chi connectivity index (χ4n) is 5.11. The lowest BCUT2D eigenvalue weighted by Crippen LogP contribution is -2.52. The summed E-state index contributed by atoms with van der Waals surface area (Å²) in [6.07, 6.45) is 0.499. The number of hydrogen-bond donors (Lipinski definition) is 0. The van der Waals surface area contributed by atoms with Gasteiger partial charge in [-0.05, 0) is 73.4 Å². The van der Waals surface area contributed by atoms with Gasteiger partial charge in [0.2, 0.25) is 0 Å². The maximum Gasteiger partial charge on any atom is 0.417 e. The predicted octanol–water partition coefficient (Wildman–Crippen LogP) is 5.92. The maximum absolute atomic E-state index is 13.7. The van der Waals surface area contributed by atoms with Gasteiger partial charge in [0.15, 0.2) is 0 Å². The number of piperidine rings is 1. The second-order valence-electron chi connectivity index (χ2n) is 11.4. The molecule has 1 aliphatic rings. The van der Waals surface area contributed by atoms with E-state index in [2.05, 4.69) is 0 Å². The Hall–Kier alpha value is -4.43. The summed E-state index contributed by atoms with van der Waals surface area (Å²) in [5, 5.41) is 2.18. The monoisotopic (exact) mass is 568 g/mol. The van der Waals surface area contributed by atoms with Gasteiger partial charge < -0.3 is 18.8 Å². The van der Waals surface area contributed by atoms with Crippen molar-refractivity contribution in [1.29, 1.82) is 0 Å². The highest BCUT2D eigenvalue weighted by Crippen LogP contribution is 2.32. The Morgan fingerprint density at radius 2 is 1.64 bits per heavy atom. The van der Waals surface area contributed by atoms with Crippen LogP contribution in [0.4, 0.5) is 4.79 Å². The average Bonchev–Trinajstić information content (AvgIpc) is 2.96. The van der Waals surface area contributed by atoms with E-state index >= 15 is 0 Å². The minimum Gasteiger partial charge on any atom is -0.492 e. The zero-order chi connectivity index (χ0) is 29.7. The van der Waals surface area contributed by atoms with Gasteiger partial charge in [-0.2, -0.15) is 0 Å². The number of rotatable bonds is 8. The zero-order valence-electron chi connectivity index (χ0n) is 24.2. The summed E-state index contributed by atoms with van der Waals surface area (Å²) in [4.78, 5) is 40.8. The number of likely N-dealkylation sites (tertiary alicyclic amines) is 1. The minimum absolute atomic E-state index is 0.169. The Morgan fingerprint density at radius 1 is 0.905 bits per heavy atom. The lowest BCUT2D eigenvalue weighted by molar-refractivity contribution is -0.149. The number of benzene rings is 3. The summed E-state index contributed by atoms with van der Waals surface area (Å²) in [7, 11) is 0. The quantitative estimate of drug-likeness (QED) is 0.262. The Labute approximate surface area is 245 Å². The Kier molecular flexibility index (Phi) is 8.73. The molecule has 1 saturated heterocycles. The average molecular weight is 569 g/mol. The number of amides is 2. The molecule has 0 N–H and O–H groups in total. The number of nitrogens with zero attached hydrogens (tertiary/aromatic N) is 2. The van der Waals surface area contributed by atoms with Crippen molar-refractivity contribution in [3.05, 3.63) is 113 Å². The Morgan fingerprint density at radius 3 is 2.38 bits per heavy atom. The minimum atomic E-state index is -0.964. The molecule has 2 heterocycles. The Balaban J connectivity index is 1.34. The summed E-state index contributed by atoms with van der Waals surface area (Å²) < 4.78 is 19.1. The van der Waals surface area contributed by atoms with E-state index in [4.69, 9.17) is 14.2 Å². The molecule has 8 heteroatoms. The van der Waals surface area contributed by atoms with Gasteiger partial charge in [0.1, 0.15) is 24.1 Å². The number of fused-ring (bicyclic) bond motifs is 1. The van der Waals surface area contributed by atoms with E-state index in [0.717, 1.165) is 27.0 Å². The number of carbonyl (C=O) groups is 2. The fourth-order valence-corrected chi connectivity index (χ4v) is 5.11. The molecule has 5 rings (SSSR count). The standard InChI is InChI=1S/C34H36N2O6/c1-34(2,3)42-33(39)36-18-16-29(27-15-17-35(30(37)22-27)19-20-40-28-11-5-4-6-12-28)31(32(36)38)41-23-24-13-14-25-9-7-8-10-26(25)21-24/h4-15,17,21-22,29,31H,16,18-20,23H2,1-3H3. The second-order valence-corrected chi connectivity index (χ2v) is 11.4. The predicted molar refractivity (Wildman–Crippen MR) is 160 cm³/mol. The number of hydrogen-bond acceptors (Lipinski definition) is 6. The van der Waals surface area contributed by atoms with Crippen molar-refractivity contribution in [2.24, 2.45) is 0 Å². The van der Waals surface area contributed by atoms with Gasteiger partial charge in [0.05, 0.1) is 13.2 Å². The van der Waals surface area contributed by atoms with Crippen molar-refractivity contribution < 1.29 is 23.8 Å². The first-order chi connectivity index (χ1) is 20.2. The van der Waals surface area contributed by atoms with Gasteiger partial charge >= 0.3 is 6.09 Å². The van der Waals surface area contributed by atoms with Crippen LogP contribution in [0.2, 0.25) is 0 Å².